The highest BCUT2D eigenvalue weighted by molar-refractivity contribution is 7.38. The molecule has 2 aliphatic heterocycles. The lowest BCUT2D eigenvalue weighted by Crippen LogP contribution is -2.32. The van der Waals surface area contributed by atoms with Crippen molar-refractivity contribution in [1.29, 1.82) is 0 Å². The Morgan fingerprint density at radius 2 is 1.30 bits per heavy atom. The van der Waals surface area contributed by atoms with Crippen molar-refractivity contribution in [3.8, 4) is 0 Å². The molecule has 2 fully saturated rings. The van der Waals surface area contributed by atoms with Crippen molar-refractivity contribution >= 4 is 50.2 Å². The van der Waals surface area contributed by atoms with E-state index in [0.29, 0.717) is 47.1 Å². The average molecular weight is 744 g/mol. The van der Waals surface area contributed by atoms with Crippen LogP contribution in [-0.4, -0.2) is 119 Å². The highest BCUT2D eigenvalue weighted by Gasteiger charge is 2.52. The van der Waals surface area contributed by atoms with Crippen LogP contribution in [0.15, 0.2) is 25.3 Å². The Morgan fingerprint density at radius 3 is 1.72 bits per heavy atom. The van der Waals surface area contributed by atoms with E-state index in [1.54, 1.807) is 0 Å². The molecular formula is C27H37F2N11O8P2+2. The van der Waals surface area contributed by atoms with Crippen LogP contribution in [0.2, 0.25) is 0 Å². The molecule has 0 amide bonds. The number of anilines is 2. The summed E-state index contributed by atoms with van der Waals surface area (Å²) >= 11 is 0. The zero-order chi connectivity index (χ0) is 35.5. The lowest BCUT2D eigenvalue weighted by atomic mass is 10.0. The first-order chi connectivity index (χ1) is 24.1. The average Bonchev–Trinajstić information content (AvgIpc) is 3.85. The van der Waals surface area contributed by atoms with E-state index in [4.69, 9.17) is 24.0 Å². The van der Waals surface area contributed by atoms with Crippen molar-refractivity contribution in [1.82, 2.24) is 39.0 Å². The van der Waals surface area contributed by atoms with Crippen LogP contribution >= 0.6 is 16.2 Å². The highest BCUT2D eigenvalue weighted by atomic mass is 31.1. The number of aromatic nitrogens is 8. The normalized spacial score (nSPS) is 28.0. The Hall–Kier alpha value is -3.52. The monoisotopic (exact) mass is 743 g/mol. The molecule has 6 N–H and O–H groups in total. The number of nitrogens with one attached hydrogen (secondary N) is 2. The molecule has 6 rings (SSSR count). The first-order valence-electron chi connectivity index (χ1n) is 15.7. The molecule has 0 saturated carbocycles. The maximum Gasteiger partial charge on any atom is 0.610 e. The summed E-state index contributed by atoms with van der Waals surface area (Å²) in [6, 6.07) is 0. The van der Waals surface area contributed by atoms with E-state index in [0.717, 1.165) is 12.8 Å². The van der Waals surface area contributed by atoms with Gasteiger partial charge in [0.25, 0.3) is 0 Å². The molecule has 0 spiro atoms. The van der Waals surface area contributed by atoms with Gasteiger partial charge in [-0.05, 0) is 27.9 Å². The van der Waals surface area contributed by atoms with Gasteiger partial charge in [0.05, 0.1) is 25.9 Å². The molecule has 270 valence electrons. The van der Waals surface area contributed by atoms with Crippen LogP contribution in [0.5, 0.6) is 0 Å². The molecule has 11 atom stereocenters. The molecule has 2 aliphatic rings. The van der Waals surface area contributed by atoms with Gasteiger partial charge < -0.3 is 30.3 Å². The van der Waals surface area contributed by atoms with E-state index in [1.807, 2.05) is 0 Å². The van der Waals surface area contributed by atoms with Crippen molar-refractivity contribution in [3.63, 3.8) is 0 Å². The molecule has 0 bridgehead atoms. The molecule has 19 nitrogen and oxygen atoms in total. The molecule has 4 aromatic heterocycles. The fourth-order valence-electron chi connectivity index (χ4n) is 6.03. The van der Waals surface area contributed by atoms with Gasteiger partial charge in [0.15, 0.2) is 77.6 Å². The summed E-state index contributed by atoms with van der Waals surface area (Å²) in [6.45, 7) is 3.40. The maximum atomic E-state index is 15.3. The van der Waals surface area contributed by atoms with Crippen LogP contribution in [0.1, 0.15) is 32.2 Å². The molecule has 6 heterocycles. The number of fused-ring (bicyclic) bond motifs is 2. The SMILES string of the molecule is CC(CCNc1ncnc2c1ncn2C1OC(CO)[C@@H](O[P+](C)=O)[C@H]1F)CCNc1ncnc2c1ncn2[C@@H]1OC(CO)[C@@H](O[P+](N)=O)[C@H]1F. The second kappa shape index (κ2) is 15.8. The van der Waals surface area contributed by atoms with E-state index in [2.05, 4.69) is 47.5 Å². The van der Waals surface area contributed by atoms with Gasteiger partial charge in [-0.25, -0.2) is 38.7 Å². The van der Waals surface area contributed by atoms with Crippen LogP contribution in [-0.2, 0) is 27.7 Å². The van der Waals surface area contributed by atoms with Crippen molar-refractivity contribution < 1.29 is 46.6 Å². The summed E-state index contributed by atoms with van der Waals surface area (Å²) in [6.07, 6.45) is -3.69. The van der Waals surface area contributed by atoms with Crippen LogP contribution in [0.3, 0.4) is 0 Å². The van der Waals surface area contributed by atoms with Crippen LogP contribution in [0, 0.1) is 5.92 Å². The summed E-state index contributed by atoms with van der Waals surface area (Å²) in [7, 11) is -4.74. The minimum atomic E-state index is -2.62. The summed E-state index contributed by atoms with van der Waals surface area (Å²) in [5, 5.41) is 25.8. The van der Waals surface area contributed by atoms with E-state index >= 15 is 8.78 Å². The third-order valence-electron chi connectivity index (χ3n) is 8.51. The molecule has 2 saturated heterocycles. The fourth-order valence-corrected chi connectivity index (χ4v) is 7.11. The summed E-state index contributed by atoms with van der Waals surface area (Å²) in [5.74, 6) is 1.14. The first kappa shape index (κ1) is 36.3. The van der Waals surface area contributed by atoms with Gasteiger partial charge in [-0.3, -0.25) is 9.13 Å². The van der Waals surface area contributed by atoms with Gasteiger partial charge in [0.2, 0.25) is 0 Å². The van der Waals surface area contributed by atoms with Crippen LogP contribution in [0.25, 0.3) is 22.3 Å². The minimum absolute atomic E-state index is 0.247. The molecule has 0 aromatic carbocycles. The Kier molecular flexibility index (Phi) is 11.5. The molecule has 4 aromatic rings. The Bertz CT molecular complexity index is 1700. The fraction of sp³-hybridized carbons (Fsp3) is 0.630. The van der Waals surface area contributed by atoms with Crippen molar-refractivity contribution in [2.75, 3.05) is 43.6 Å². The zero-order valence-electron chi connectivity index (χ0n) is 26.9. The van der Waals surface area contributed by atoms with Gasteiger partial charge in [-0.1, -0.05) is 12.4 Å². The summed E-state index contributed by atoms with van der Waals surface area (Å²) in [4.78, 5) is 25.8. The van der Waals surface area contributed by atoms with Crippen molar-refractivity contribution in [2.45, 2.75) is 69.0 Å². The van der Waals surface area contributed by atoms with E-state index in [9.17, 15) is 19.3 Å². The highest BCUT2D eigenvalue weighted by Crippen LogP contribution is 2.40. The number of hydrogen-bond acceptors (Lipinski definition) is 16. The van der Waals surface area contributed by atoms with Gasteiger partial charge >= 0.3 is 16.2 Å². The van der Waals surface area contributed by atoms with Crippen molar-refractivity contribution in [2.24, 2.45) is 11.4 Å². The molecule has 0 radical (unpaired) electrons. The van der Waals surface area contributed by atoms with Gasteiger partial charge in [-0.2, -0.15) is 0 Å². The Balaban J connectivity index is 1.03. The smallest absolute Gasteiger partial charge is 0.394 e. The van der Waals surface area contributed by atoms with Crippen LogP contribution in [0.4, 0.5) is 20.4 Å². The number of nitrogens with zero attached hydrogens (tertiary/aromatic N) is 8. The molecule has 50 heavy (non-hydrogen) atoms. The van der Waals surface area contributed by atoms with Gasteiger partial charge in [-0.15, -0.1) is 9.05 Å². The Labute approximate surface area is 285 Å². The number of ether oxygens (including phenoxy) is 2. The minimum Gasteiger partial charge on any atom is -0.394 e. The van der Waals surface area contributed by atoms with Crippen LogP contribution < -0.4 is 16.1 Å². The van der Waals surface area contributed by atoms with Gasteiger partial charge in [0, 0.05) is 13.1 Å². The third kappa shape index (κ3) is 7.42. The number of alkyl halides is 2. The maximum absolute atomic E-state index is 15.3. The molecular weight excluding hydrogens is 706 g/mol. The molecule has 23 heteroatoms. The largest absolute Gasteiger partial charge is 0.610 e. The summed E-state index contributed by atoms with van der Waals surface area (Å²) < 4.78 is 77.8. The topological polar surface area (TPSA) is 249 Å². The molecule has 6 unspecified atom stereocenters. The summed E-state index contributed by atoms with van der Waals surface area (Å²) in [5.41, 5.74) is 6.61. The number of rotatable bonds is 16. The van der Waals surface area contributed by atoms with Gasteiger partial charge in [0.1, 0.15) is 24.9 Å². The second-order valence-corrected chi connectivity index (χ2v) is 13.7. The number of hydrogen-bond donors (Lipinski definition) is 5. The zero-order valence-corrected chi connectivity index (χ0v) is 28.7. The van der Waals surface area contributed by atoms with E-state index in [1.165, 1.54) is 41.1 Å². The first-order valence-corrected chi connectivity index (χ1v) is 18.6. The number of halogens is 2. The molecule has 0 aliphatic carbocycles. The number of imidazole rings is 2. The van der Waals surface area contributed by atoms with Crippen molar-refractivity contribution in [3.05, 3.63) is 25.3 Å². The standard InChI is InChI=1S/C27H37F2N11O8P2/c1-13(3-5-31-22-18-24(35-9-33-22)39(11-37-18)26-16(28)20(47-49(2)43)14(7-41)45-26)4-6-32-23-19-25(36-10-34-23)40(12-38-19)27-17(29)21(48-50(30)44)15(8-42)46-27/h9-17,20-21,26-27,41-42H,3-8H2,1-2H3,(H2,30,44)(H,31,33,35)(H,32,34,36)/q+2/t13?,14?,15?,16-,17-,20-,21-,26?,27-/m1/s1. The Morgan fingerprint density at radius 1 is 0.840 bits per heavy atom. The second-order valence-electron chi connectivity index (χ2n) is 11.9. The third-order valence-corrected chi connectivity index (χ3v) is 9.51. The number of nitrogens with two attached hydrogens (primary N) is 1. The van der Waals surface area contributed by atoms with E-state index in [-0.39, 0.29) is 5.92 Å². The number of aliphatic hydroxyl groups is 2. The lowest BCUT2D eigenvalue weighted by Gasteiger charge is -2.16. The number of aliphatic hydroxyl groups excluding tert-OH is 2. The predicted octanol–water partition coefficient (Wildman–Crippen LogP) is 2.12. The lowest BCUT2D eigenvalue weighted by molar-refractivity contribution is -0.0429. The quantitative estimate of drug-likeness (QED) is 0.103. The van der Waals surface area contributed by atoms with E-state index < -0.39 is 78.6 Å². The predicted molar refractivity (Wildman–Crippen MR) is 173 cm³/mol.